The van der Waals surface area contributed by atoms with Crippen LogP contribution in [0.1, 0.15) is 35.3 Å². The molecule has 3 heterocycles. The van der Waals surface area contributed by atoms with Crippen molar-refractivity contribution in [3.63, 3.8) is 0 Å². The zero-order valence-corrected chi connectivity index (χ0v) is 21.4. The van der Waals surface area contributed by atoms with Gasteiger partial charge in [0.25, 0.3) is 0 Å². The Bertz CT molecular complexity index is 1520. The number of nitrogens with one attached hydrogen (secondary N) is 1. The molecule has 35 heavy (non-hydrogen) atoms. The van der Waals surface area contributed by atoms with Gasteiger partial charge in [-0.05, 0) is 81.6 Å². The molecule has 0 aliphatic carbocycles. The zero-order chi connectivity index (χ0) is 25.1. The average molecular weight is 494 g/mol. The Hall–Kier alpha value is -3.22. The monoisotopic (exact) mass is 493 g/mol. The fraction of sp³-hybridized carbons (Fsp3) is 0.308. The topological polar surface area (TPSA) is 73.8 Å². The molecule has 1 aliphatic heterocycles. The van der Waals surface area contributed by atoms with E-state index in [-0.39, 0.29) is 17.5 Å². The molecule has 1 N–H and O–H groups in total. The van der Waals surface area contributed by atoms with Gasteiger partial charge in [-0.15, -0.1) is 0 Å². The van der Waals surface area contributed by atoms with E-state index in [0.717, 1.165) is 29.5 Å². The molecule has 4 aromatic rings. The number of halogens is 1. The van der Waals surface area contributed by atoms with Crippen molar-refractivity contribution in [3.8, 4) is 17.2 Å². The highest BCUT2D eigenvalue weighted by molar-refractivity contribution is 7.70. The molecule has 0 radical (unpaired) electrons. The number of rotatable bonds is 4. The fourth-order valence-corrected chi connectivity index (χ4v) is 5.63. The fourth-order valence-electron chi connectivity index (χ4n) is 4.77. The number of imidazole rings is 1. The van der Waals surface area contributed by atoms with Gasteiger partial charge < -0.3 is 9.88 Å². The largest absolute Gasteiger partial charge is 0.338 e. The van der Waals surface area contributed by atoms with Gasteiger partial charge in [0.05, 0.1) is 17.1 Å². The zero-order valence-electron chi connectivity index (χ0n) is 20.5. The Morgan fingerprint density at radius 1 is 1.03 bits per heavy atom. The van der Waals surface area contributed by atoms with Gasteiger partial charge >= 0.3 is 5.69 Å². The van der Waals surface area contributed by atoms with Crippen LogP contribution in [0.15, 0.2) is 53.6 Å². The van der Waals surface area contributed by atoms with Crippen molar-refractivity contribution in [2.24, 2.45) is 0 Å². The molecule has 1 aliphatic rings. The summed E-state index contributed by atoms with van der Waals surface area (Å²) >= 11 is 0. The second-order valence-corrected chi connectivity index (χ2v) is 12.8. The molecule has 182 valence electrons. The summed E-state index contributed by atoms with van der Waals surface area (Å²) in [6.45, 7) is 9.77. The lowest BCUT2D eigenvalue weighted by molar-refractivity contribution is 0.536. The summed E-state index contributed by atoms with van der Waals surface area (Å²) in [7, 11) is -2.39. The van der Waals surface area contributed by atoms with Crippen molar-refractivity contribution in [2.45, 2.75) is 33.2 Å². The second-order valence-electron chi connectivity index (χ2n) is 9.60. The summed E-state index contributed by atoms with van der Waals surface area (Å²) in [4.78, 5) is 13.7. The highest BCUT2D eigenvalue weighted by Gasteiger charge is 2.29. The average Bonchev–Trinajstić information content (AvgIpc) is 3.37. The molecule has 0 fully saturated rings. The lowest BCUT2D eigenvalue weighted by atomic mass is 10.0. The van der Waals surface area contributed by atoms with E-state index in [2.05, 4.69) is 12.2 Å². The first-order valence-corrected chi connectivity index (χ1v) is 14.2. The van der Waals surface area contributed by atoms with E-state index < -0.39 is 7.14 Å². The third-order valence-electron chi connectivity index (χ3n) is 6.64. The molecule has 0 saturated heterocycles. The maximum atomic E-state index is 14.4. The van der Waals surface area contributed by atoms with E-state index in [1.165, 1.54) is 0 Å². The highest BCUT2D eigenvalue weighted by Crippen LogP contribution is 2.34. The maximum absolute atomic E-state index is 14.4. The summed E-state index contributed by atoms with van der Waals surface area (Å²) in [6.07, 6.45) is 4.20. The molecule has 7 nitrogen and oxygen atoms in total. The van der Waals surface area contributed by atoms with Gasteiger partial charge in [0.1, 0.15) is 18.8 Å². The van der Waals surface area contributed by atoms with Gasteiger partial charge in [-0.25, -0.2) is 13.9 Å². The molecule has 2 aromatic carbocycles. The molecule has 0 saturated carbocycles. The van der Waals surface area contributed by atoms with Crippen LogP contribution in [0, 0.1) is 19.7 Å². The molecular formula is C26H29FN5O2P. The summed E-state index contributed by atoms with van der Waals surface area (Å²) in [5.74, 6) is 0.412. The van der Waals surface area contributed by atoms with Crippen LogP contribution in [0.25, 0.3) is 17.2 Å². The van der Waals surface area contributed by atoms with Gasteiger partial charge in [0.2, 0.25) is 0 Å². The summed E-state index contributed by atoms with van der Waals surface area (Å²) in [5, 5.41) is 9.10. The van der Waals surface area contributed by atoms with Crippen molar-refractivity contribution in [3.05, 3.63) is 87.5 Å². The minimum Gasteiger partial charge on any atom is -0.319 e. The van der Waals surface area contributed by atoms with Gasteiger partial charge in [0, 0.05) is 42.3 Å². The normalized spacial score (nSPS) is 15.9. The Morgan fingerprint density at radius 3 is 2.29 bits per heavy atom. The van der Waals surface area contributed by atoms with E-state index in [9.17, 15) is 13.8 Å². The third-order valence-corrected chi connectivity index (χ3v) is 8.18. The number of benzene rings is 2. The van der Waals surface area contributed by atoms with Gasteiger partial charge in [0.15, 0.2) is 0 Å². The predicted molar refractivity (Wildman–Crippen MR) is 137 cm³/mol. The first kappa shape index (κ1) is 23.5. The Balaban J connectivity index is 1.70. The summed E-state index contributed by atoms with van der Waals surface area (Å²) in [5.41, 5.74) is 4.10. The standard InChI is InChI=1S/C26H29FN5O2P/c1-16-14-20(15-17(2)24(16)27)32-25(23-18(3)28-11-10-22(23)29-32)31-13-12-30(26(31)33)19-6-8-21(9-7-19)35(4,5)34/h6-9,12-15,18,28H,10-11H2,1-5H3/t18-/m0/s1. The van der Waals surface area contributed by atoms with E-state index in [4.69, 9.17) is 5.10 Å². The minimum absolute atomic E-state index is 0.00271. The number of aryl methyl sites for hydroxylation is 2. The first-order valence-electron chi connectivity index (χ1n) is 11.6. The van der Waals surface area contributed by atoms with E-state index in [1.807, 2.05) is 24.3 Å². The van der Waals surface area contributed by atoms with E-state index in [0.29, 0.717) is 28.3 Å². The Kier molecular flexibility index (Phi) is 5.69. The highest BCUT2D eigenvalue weighted by atomic mass is 31.2. The van der Waals surface area contributed by atoms with Gasteiger partial charge in [-0.1, -0.05) is 0 Å². The SMILES string of the molecule is Cc1cc(-n2nc3c(c2-n2ccn(-c4ccc(P(C)(C)=O)cc4)c2=O)[C@H](C)NCC3)cc(C)c1F. The van der Waals surface area contributed by atoms with Crippen LogP contribution >= 0.6 is 7.14 Å². The molecule has 9 heteroatoms. The molecule has 0 spiro atoms. The van der Waals surface area contributed by atoms with E-state index in [1.54, 1.807) is 65.5 Å². The summed E-state index contributed by atoms with van der Waals surface area (Å²) in [6, 6.07) is 10.8. The predicted octanol–water partition coefficient (Wildman–Crippen LogP) is 4.02. The number of fused-ring (bicyclic) bond motifs is 1. The Morgan fingerprint density at radius 2 is 1.66 bits per heavy atom. The third kappa shape index (κ3) is 4.01. The van der Waals surface area contributed by atoms with E-state index >= 15 is 0 Å². The number of aromatic nitrogens is 4. The molecular weight excluding hydrogens is 464 g/mol. The van der Waals surface area contributed by atoms with Crippen molar-refractivity contribution < 1.29 is 8.96 Å². The molecule has 2 aromatic heterocycles. The molecule has 1 atom stereocenters. The lowest BCUT2D eigenvalue weighted by Gasteiger charge is -2.21. The van der Waals surface area contributed by atoms with Crippen molar-refractivity contribution in [1.82, 2.24) is 24.2 Å². The minimum atomic E-state index is -2.39. The van der Waals surface area contributed by atoms with Crippen LogP contribution < -0.4 is 16.3 Å². The molecule has 0 amide bonds. The van der Waals surface area contributed by atoms with Crippen molar-refractivity contribution in [2.75, 3.05) is 19.9 Å². The van der Waals surface area contributed by atoms with Crippen LogP contribution in [0.2, 0.25) is 0 Å². The van der Waals surface area contributed by atoms with Crippen molar-refractivity contribution >= 4 is 12.4 Å². The molecule has 5 rings (SSSR count). The number of nitrogens with zero attached hydrogens (tertiary/aromatic N) is 4. The molecule has 0 unspecified atom stereocenters. The molecule has 0 bridgehead atoms. The number of hydrogen-bond acceptors (Lipinski definition) is 4. The summed E-state index contributed by atoms with van der Waals surface area (Å²) < 4.78 is 31.7. The maximum Gasteiger partial charge on any atom is 0.338 e. The van der Waals surface area contributed by atoms with Crippen LogP contribution in [0.4, 0.5) is 4.39 Å². The van der Waals surface area contributed by atoms with Crippen molar-refractivity contribution in [1.29, 1.82) is 0 Å². The smallest absolute Gasteiger partial charge is 0.319 e. The second kappa shape index (κ2) is 8.47. The van der Waals surface area contributed by atoms with Crippen LogP contribution in [-0.2, 0) is 11.0 Å². The lowest BCUT2D eigenvalue weighted by Crippen LogP contribution is -2.30. The quantitative estimate of drug-likeness (QED) is 0.436. The van der Waals surface area contributed by atoms with Crippen LogP contribution in [0.5, 0.6) is 0 Å². The first-order chi connectivity index (χ1) is 16.6. The Labute approximate surface area is 203 Å². The van der Waals surface area contributed by atoms with Crippen LogP contribution in [0.3, 0.4) is 0 Å². The van der Waals surface area contributed by atoms with Gasteiger partial charge in [-0.3, -0.25) is 9.13 Å². The van der Waals surface area contributed by atoms with Gasteiger partial charge in [-0.2, -0.15) is 5.10 Å². The number of hydrogen-bond donors (Lipinski definition) is 1. The van der Waals surface area contributed by atoms with Crippen LogP contribution in [-0.4, -0.2) is 38.8 Å².